The lowest BCUT2D eigenvalue weighted by Gasteiger charge is -2.14. The topological polar surface area (TPSA) is 12.0 Å². The Labute approximate surface area is 106 Å². The van der Waals surface area contributed by atoms with E-state index in [4.69, 9.17) is 0 Å². The molecule has 1 aromatic rings. The minimum atomic E-state index is -0.530. The molecule has 1 atom stereocenters. The van der Waals surface area contributed by atoms with Crippen LogP contribution < -0.4 is 5.32 Å². The first-order valence-corrected chi connectivity index (χ1v) is 6.69. The first-order valence-electron chi connectivity index (χ1n) is 5.81. The maximum absolute atomic E-state index is 13.4. The standard InChI is InChI=1S/C13H19F2NS/c1-9(2)7-16-8-10(3)17-13-5-4-11(14)6-12(13)15/h4-6,9-10,16H,7-8H2,1-3H3. The third-order valence-electron chi connectivity index (χ3n) is 2.21. The van der Waals surface area contributed by atoms with Crippen molar-refractivity contribution >= 4 is 11.8 Å². The van der Waals surface area contributed by atoms with Crippen molar-refractivity contribution in [2.24, 2.45) is 5.92 Å². The molecular formula is C13H19F2NS. The first-order chi connectivity index (χ1) is 7.99. The predicted octanol–water partition coefficient (Wildman–Crippen LogP) is 3.69. The SMILES string of the molecule is CC(C)CNCC(C)Sc1ccc(F)cc1F. The van der Waals surface area contributed by atoms with E-state index in [9.17, 15) is 8.78 Å². The largest absolute Gasteiger partial charge is 0.315 e. The Bertz CT molecular complexity index is 355. The number of rotatable bonds is 6. The minimum absolute atomic E-state index is 0.258. The molecule has 1 nitrogen and oxygen atoms in total. The molecule has 0 aliphatic carbocycles. The van der Waals surface area contributed by atoms with Gasteiger partial charge in [0.15, 0.2) is 0 Å². The highest BCUT2D eigenvalue weighted by molar-refractivity contribution is 8.00. The Morgan fingerprint density at radius 3 is 2.47 bits per heavy atom. The summed E-state index contributed by atoms with van der Waals surface area (Å²) < 4.78 is 26.1. The lowest BCUT2D eigenvalue weighted by Crippen LogP contribution is -2.26. The molecule has 1 aromatic carbocycles. The summed E-state index contributed by atoms with van der Waals surface area (Å²) in [6.07, 6.45) is 0. The van der Waals surface area contributed by atoms with Crippen LogP contribution in [0.15, 0.2) is 23.1 Å². The molecule has 0 radical (unpaired) electrons. The van der Waals surface area contributed by atoms with Gasteiger partial charge in [-0.2, -0.15) is 0 Å². The van der Waals surface area contributed by atoms with Crippen molar-refractivity contribution in [1.29, 1.82) is 0 Å². The van der Waals surface area contributed by atoms with Gasteiger partial charge in [-0.3, -0.25) is 0 Å². The first kappa shape index (κ1) is 14.5. The Morgan fingerprint density at radius 1 is 1.18 bits per heavy atom. The van der Waals surface area contributed by atoms with Crippen molar-refractivity contribution in [2.45, 2.75) is 30.9 Å². The lowest BCUT2D eigenvalue weighted by atomic mass is 10.2. The van der Waals surface area contributed by atoms with Crippen molar-refractivity contribution in [2.75, 3.05) is 13.1 Å². The fraction of sp³-hybridized carbons (Fsp3) is 0.538. The normalized spacial score (nSPS) is 13.1. The van der Waals surface area contributed by atoms with Crippen LogP contribution in [0.4, 0.5) is 8.78 Å². The highest BCUT2D eigenvalue weighted by Crippen LogP contribution is 2.26. The molecule has 0 heterocycles. The number of hydrogen-bond acceptors (Lipinski definition) is 2. The maximum atomic E-state index is 13.4. The van der Waals surface area contributed by atoms with E-state index in [-0.39, 0.29) is 5.25 Å². The molecule has 0 spiro atoms. The number of thioether (sulfide) groups is 1. The van der Waals surface area contributed by atoms with Gasteiger partial charge in [-0.15, -0.1) is 11.8 Å². The summed E-state index contributed by atoms with van der Waals surface area (Å²) in [6, 6.07) is 3.71. The Hall–Kier alpha value is -0.610. The van der Waals surface area contributed by atoms with Crippen LogP contribution in [0.1, 0.15) is 20.8 Å². The summed E-state index contributed by atoms with van der Waals surface area (Å²) in [5.41, 5.74) is 0. The van der Waals surface area contributed by atoms with E-state index in [1.807, 2.05) is 6.92 Å². The molecule has 0 aliphatic rings. The molecule has 1 unspecified atom stereocenters. The number of benzene rings is 1. The van der Waals surface area contributed by atoms with Crippen LogP contribution in [0.2, 0.25) is 0 Å². The van der Waals surface area contributed by atoms with Crippen LogP contribution in [0.3, 0.4) is 0 Å². The van der Waals surface area contributed by atoms with Crippen LogP contribution in [0.25, 0.3) is 0 Å². The van der Waals surface area contributed by atoms with Gasteiger partial charge in [-0.05, 0) is 24.6 Å². The Balaban J connectivity index is 2.42. The van der Waals surface area contributed by atoms with Gasteiger partial charge in [-0.1, -0.05) is 20.8 Å². The van der Waals surface area contributed by atoms with E-state index in [1.165, 1.54) is 23.9 Å². The molecule has 0 saturated carbocycles. The summed E-state index contributed by atoms with van der Waals surface area (Å²) in [5.74, 6) is -0.405. The molecule has 4 heteroatoms. The molecule has 0 aromatic heterocycles. The van der Waals surface area contributed by atoms with Crippen LogP contribution in [-0.2, 0) is 0 Å². The van der Waals surface area contributed by atoms with E-state index in [2.05, 4.69) is 19.2 Å². The third-order valence-corrected chi connectivity index (χ3v) is 3.36. The molecule has 0 aliphatic heterocycles. The smallest absolute Gasteiger partial charge is 0.139 e. The molecule has 0 fully saturated rings. The fourth-order valence-corrected chi connectivity index (χ4v) is 2.36. The van der Waals surface area contributed by atoms with Crippen molar-refractivity contribution in [3.8, 4) is 0 Å². The summed E-state index contributed by atoms with van der Waals surface area (Å²) in [7, 11) is 0. The highest BCUT2D eigenvalue weighted by atomic mass is 32.2. The van der Waals surface area contributed by atoms with Crippen LogP contribution in [0, 0.1) is 17.6 Å². The molecule has 0 bridgehead atoms. The quantitative estimate of drug-likeness (QED) is 0.782. The van der Waals surface area contributed by atoms with E-state index in [1.54, 1.807) is 0 Å². The second-order valence-electron chi connectivity index (χ2n) is 4.56. The molecule has 96 valence electrons. The van der Waals surface area contributed by atoms with Crippen LogP contribution >= 0.6 is 11.8 Å². The van der Waals surface area contributed by atoms with Gasteiger partial charge in [0, 0.05) is 22.8 Å². The monoisotopic (exact) mass is 259 g/mol. The van der Waals surface area contributed by atoms with Gasteiger partial charge in [0.25, 0.3) is 0 Å². The van der Waals surface area contributed by atoms with Gasteiger partial charge >= 0.3 is 0 Å². The summed E-state index contributed by atoms with van der Waals surface area (Å²) in [4.78, 5) is 0.505. The third kappa shape index (κ3) is 5.50. The van der Waals surface area contributed by atoms with Gasteiger partial charge in [-0.25, -0.2) is 8.78 Å². The van der Waals surface area contributed by atoms with Gasteiger partial charge in [0.05, 0.1) is 0 Å². The fourth-order valence-electron chi connectivity index (χ4n) is 1.40. The van der Waals surface area contributed by atoms with Gasteiger partial charge < -0.3 is 5.32 Å². The molecule has 1 rings (SSSR count). The van der Waals surface area contributed by atoms with E-state index >= 15 is 0 Å². The van der Waals surface area contributed by atoms with Gasteiger partial charge in [0.1, 0.15) is 11.6 Å². The van der Waals surface area contributed by atoms with Gasteiger partial charge in [0.2, 0.25) is 0 Å². The highest BCUT2D eigenvalue weighted by Gasteiger charge is 2.09. The van der Waals surface area contributed by atoms with Crippen molar-refractivity contribution in [3.05, 3.63) is 29.8 Å². The number of nitrogens with one attached hydrogen (secondary N) is 1. The van der Waals surface area contributed by atoms with E-state index in [0.717, 1.165) is 19.2 Å². The summed E-state index contributed by atoms with van der Waals surface area (Å²) in [6.45, 7) is 8.09. The van der Waals surface area contributed by atoms with Crippen molar-refractivity contribution in [3.63, 3.8) is 0 Å². The zero-order valence-electron chi connectivity index (χ0n) is 10.5. The van der Waals surface area contributed by atoms with Crippen LogP contribution in [-0.4, -0.2) is 18.3 Å². The molecular weight excluding hydrogens is 240 g/mol. The minimum Gasteiger partial charge on any atom is -0.315 e. The molecule has 17 heavy (non-hydrogen) atoms. The maximum Gasteiger partial charge on any atom is 0.139 e. The second kappa shape index (κ2) is 6.97. The molecule has 0 amide bonds. The van der Waals surface area contributed by atoms with E-state index in [0.29, 0.717) is 10.8 Å². The summed E-state index contributed by atoms with van der Waals surface area (Å²) in [5, 5.41) is 3.58. The second-order valence-corrected chi connectivity index (χ2v) is 6.04. The lowest BCUT2D eigenvalue weighted by molar-refractivity contribution is 0.551. The Morgan fingerprint density at radius 2 is 1.88 bits per heavy atom. The summed E-state index contributed by atoms with van der Waals surface area (Å²) >= 11 is 1.43. The Kier molecular flexibility index (Phi) is 5.92. The van der Waals surface area contributed by atoms with Crippen LogP contribution in [0.5, 0.6) is 0 Å². The number of hydrogen-bond donors (Lipinski definition) is 1. The zero-order chi connectivity index (χ0) is 12.8. The van der Waals surface area contributed by atoms with Crippen molar-refractivity contribution < 1.29 is 8.78 Å². The molecule has 0 saturated heterocycles. The van der Waals surface area contributed by atoms with Crippen molar-refractivity contribution in [1.82, 2.24) is 5.32 Å². The average Bonchev–Trinajstić information content (AvgIpc) is 2.21. The molecule has 1 N–H and O–H groups in total. The average molecular weight is 259 g/mol. The predicted molar refractivity (Wildman–Crippen MR) is 69.4 cm³/mol. The number of halogens is 2. The van der Waals surface area contributed by atoms with E-state index < -0.39 is 11.6 Å². The zero-order valence-corrected chi connectivity index (χ0v) is 11.3.